The summed E-state index contributed by atoms with van der Waals surface area (Å²) in [6, 6.07) is 13.3. The van der Waals surface area contributed by atoms with Crippen molar-refractivity contribution in [2.24, 2.45) is 0 Å². The third kappa shape index (κ3) is 3.63. The molecular weight excluding hydrogens is 344 g/mol. The van der Waals surface area contributed by atoms with Gasteiger partial charge in [0.05, 0.1) is 19.1 Å². The van der Waals surface area contributed by atoms with Crippen LogP contribution in [0.3, 0.4) is 0 Å². The summed E-state index contributed by atoms with van der Waals surface area (Å²) in [6.07, 6.45) is 0. The summed E-state index contributed by atoms with van der Waals surface area (Å²) < 4.78 is 40.2. The van der Waals surface area contributed by atoms with Gasteiger partial charge < -0.3 is 14.0 Å². The molecule has 0 aliphatic rings. The van der Waals surface area contributed by atoms with E-state index in [9.17, 15) is 8.42 Å². The Hall–Kier alpha value is -2.87. The van der Waals surface area contributed by atoms with Crippen molar-refractivity contribution >= 4 is 9.84 Å². The monoisotopic (exact) mass is 360 g/mol. The van der Waals surface area contributed by atoms with E-state index in [0.29, 0.717) is 17.1 Å². The quantitative estimate of drug-likeness (QED) is 0.667. The average Bonchev–Trinajstić information content (AvgIpc) is 3.09. The molecule has 0 aliphatic heterocycles. The number of benzene rings is 2. The maximum absolute atomic E-state index is 12.4. The van der Waals surface area contributed by atoms with Crippen molar-refractivity contribution in [1.82, 2.24) is 10.1 Å². The molecule has 0 atom stereocenters. The number of aromatic nitrogens is 2. The van der Waals surface area contributed by atoms with Crippen LogP contribution >= 0.6 is 0 Å². The Kier molecular flexibility index (Phi) is 4.71. The second kappa shape index (κ2) is 6.94. The minimum Gasteiger partial charge on any atom is -0.493 e. The van der Waals surface area contributed by atoms with Crippen LogP contribution in [0, 0.1) is 0 Å². The first-order chi connectivity index (χ1) is 12.0. The van der Waals surface area contributed by atoms with Crippen molar-refractivity contribution in [3.63, 3.8) is 0 Å². The average molecular weight is 360 g/mol. The van der Waals surface area contributed by atoms with Gasteiger partial charge in [0.2, 0.25) is 11.7 Å². The molecule has 130 valence electrons. The maximum Gasteiger partial charge on any atom is 0.242 e. The first-order valence-electron chi connectivity index (χ1n) is 7.36. The normalized spacial score (nSPS) is 11.3. The number of ether oxygens (including phenoxy) is 2. The van der Waals surface area contributed by atoms with Crippen LogP contribution in [0.5, 0.6) is 11.5 Å². The molecule has 0 fully saturated rings. The zero-order chi connectivity index (χ0) is 17.9. The molecule has 7 nitrogen and oxygen atoms in total. The van der Waals surface area contributed by atoms with E-state index in [4.69, 9.17) is 14.0 Å². The van der Waals surface area contributed by atoms with E-state index in [0.717, 1.165) is 0 Å². The molecule has 0 amide bonds. The second-order valence-corrected chi connectivity index (χ2v) is 7.14. The van der Waals surface area contributed by atoms with Gasteiger partial charge in [-0.3, -0.25) is 0 Å². The van der Waals surface area contributed by atoms with Crippen LogP contribution in [0.2, 0.25) is 0 Å². The molecule has 1 aromatic heterocycles. The third-order valence-corrected chi connectivity index (χ3v) is 5.14. The van der Waals surface area contributed by atoms with Gasteiger partial charge in [-0.2, -0.15) is 4.98 Å². The number of methoxy groups -OCH3 is 2. The number of rotatable bonds is 6. The Morgan fingerprint density at radius 1 is 1.00 bits per heavy atom. The van der Waals surface area contributed by atoms with Gasteiger partial charge in [-0.25, -0.2) is 8.42 Å². The van der Waals surface area contributed by atoms with Crippen molar-refractivity contribution in [3.05, 3.63) is 54.4 Å². The zero-order valence-electron chi connectivity index (χ0n) is 13.7. The largest absolute Gasteiger partial charge is 0.493 e. The molecule has 0 radical (unpaired) electrons. The minimum absolute atomic E-state index is 0.0219. The lowest BCUT2D eigenvalue weighted by Gasteiger charge is -2.07. The highest BCUT2D eigenvalue weighted by Crippen LogP contribution is 2.31. The summed E-state index contributed by atoms with van der Waals surface area (Å²) >= 11 is 0. The van der Waals surface area contributed by atoms with Crippen LogP contribution < -0.4 is 9.47 Å². The van der Waals surface area contributed by atoms with Crippen molar-refractivity contribution < 1.29 is 22.4 Å². The van der Waals surface area contributed by atoms with Gasteiger partial charge in [0.25, 0.3) is 0 Å². The van der Waals surface area contributed by atoms with Crippen molar-refractivity contribution in [3.8, 4) is 22.9 Å². The molecule has 1 heterocycles. The number of nitrogens with zero attached hydrogens (tertiary/aromatic N) is 2. The van der Waals surface area contributed by atoms with Crippen LogP contribution in [-0.4, -0.2) is 32.8 Å². The van der Waals surface area contributed by atoms with Gasteiger partial charge >= 0.3 is 0 Å². The molecule has 25 heavy (non-hydrogen) atoms. The van der Waals surface area contributed by atoms with Crippen LogP contribution in [0.15, 0.2) is 57.9 Å². The Balaban J connectivity index is 1.86. The number of sulfone groups is 1. The van der Waals surface area contributed by atoms with E-state index < -0.39 is 9.84 Å². The molecular formula is C17H16N2O5S. The number of hydrogen-bond donors (Lipinski definition) is 0. The molecule has 0 saturated carbocycles. The van der Waals surface area contributed by atoms with Crippen LogP contribution in [0.1, 0.15) is 5.89 Å². The summed E-state index contributed by atoms with van der Waals surface area (Å²) in [5.41, 5.74) is 0.629. The smallest absolute Gasteiger partial charge is 0.242 e. The molecule has 0 bridgehead atoms. The SMILES string of the molecule is COc1ccc(-c2noc(CS(=O)(=O)c3ccccc3)n2)cc1OC. The zero-order valence-corrected chi connectivity index (χ0v) is 14.5. The Bertz CT molecular complexity index is 968. The van der Waals surface area contributed by atoms with Gasteiger partial charge in [-0.05, 0) is 30.3 Å². The molecule has 0 N–H and O–H groups in total. The maximum atomic E-state index is 12.4. The fourth-order valence-electron chi connectivity index (χ4n) is 2.28. The summed E-state index contributed by atoms with van der Waals surface area (Å²) in [5, 5.41) is 3.85. The van der Waals surface area contributed by atoms with Crippen molar-refractivity contribution in [2.45, 2.75) is 10.6 Å². The second-order valence-electron chi connectivity index (χ2n) is 5.15. The first kappa shape index (κ1) is 17.0. The van der Waals surface area contributed by atoms with Crippen molar-refractivity contribution in [2.75, 3.05) is 14.2 Å². The lowest BCUT2D eigenvalue weighted by atomic mass is 10.2. The van der Waals surface area contributed by atoms with Crippen molar-refractivity contribution in [1.29, 1.82) is 0 Å². The fourth-order valence-corrected chi connectivity index (χ4v) is 3.46. The molecule has 0 aliphatic carbocycles. The summed E-state index contributed by atoms with van der Waals surface area (Å²) in [5.74, 6) is 1.02. The predicted octanol–water partition coefficient (Wildman–Crippen LogP) is 2.73. The highest BCUT2D eigenvalue weighted by molar-refractivity contribution is 7.90. The van der Waals surface area contributed by atoms with E-state index in [1.54, 1.807) is 43.5 Å². The lowest BCUT2D eigenvalue weighted by Crippen LogP contribution is -2.05. The molecule has 0 unspecified atom stereocenters. The Labute approximate surface area is 145 Å². The molecule has 0 spiro atoms. The fraction of sp³-hybridized carbons (Fsp3) is 0.176. The molecule has 3 aromatic rings. The topological polar surface area (TPSA) is 91.5 Å². The summed E-state index contributed by atoms with van der Waals surface area (Å²) in [7, 11) is -0.483. The van der Waals surface area contributed by atoms with E-state index >= 15 is 0 Å². The first-order valence-corrected chi connectivity index (χ1v) is 9.01. The Morgan fingerprint density at radius 3 is 2.40 bits per heavy atom. The van der Waals surface area contributed by atoms with Crippen LogP contribution in [0.4, 0.5) is 0 Å². The van der Waals surface area contributed by atoms with Crippen LogP contribution in [0.25, 0.3) is 11.4 Å². The molecule has 3 rings (SSSR count). The standard InChI is InChI=1S/C17H16N2O5S/c1-22-14-9-8-12(10-15(14)23-2)17-18-16(24-19-17)11-25(20,21)13-6-4-3-5-7-13/h3-10H,11H2,1-2H3. The third-order valence-electron chi connectivity index (χ3n) is 3.53. The minimum atomic E-state index is -3.55. The van der Waals surface area contributed by atoms with E-state index in [2.05, 4.69) is 10.1 Å². The van der Waals surface area contributed by atoms with Gasteiger partial charge in [0, 0.05) is 5.56 Å². The lowest BCUT2D eigenvalue weighted by molar-refractivity contribution is 0.355. The van der Waals surface area contributed by atoms with E-state index in [1.807, 2.05) is 0 Å². The molecule has 2 aromatic carbocycles. The molecule has 0 saturated heterocycles. The predicted molar refractivity (Wildman–Crippen MR) is 90.2 cm³/mol. The highest BCUT2D eigenvalue weighted by Gasteiger charge is 2.20. The summed E-state index contributed by atoms with van der Waals surface area (Å²) in [6.45, 7) is 0. The molecule has 8 heteroatoms. The van der Waals surface area contributed by atoms with Gasteiger partial charge in [-0.1, -0.05) is 23.4 Å². The van der Waals surface area contributed by atoms with Crippen LogP contribution in [-0.2, 0) is 15.6 Å². The van der Waals surface area contributed by atoms with Gasteiger partial charge in [0.15, 0.2) is 21.3 Å². The van der Waals surface area contributed by atoms with Gasteiger partial charge in [-0.15, -0.1) is 0 Å². The number of hydrogen-bond acceptors (Lipinski definition) is 7. The van der Waals surface area contributed by atoms with E-state index in [1.165, 1.54) is 19.2 Å². The Morgan fingerprint density at radius 2 is 1.72 bits per heavy atom. The van der Waals surface area contributed by atoms with Gasteiger partial charge in [0.1, 0.15) is 5.75 Å². The summed E-state index contributed by atoms with van der Waals surface area (Å²) in [4.78, 5) is 4.38. The highest BCUT2D eigenvalue weighted by atomic mass is 32.2. The van der Waals surface area contributed by atoms with E-state index in [-0.39, 0.29) is 22.4 Å².